The van der Waals surface area contributed by atoms with Crippen molar-refractivity contribution in [3.8, 4) is 44.8 Å². The third-order valence-corrected chi connectivity index (χ3v) is 11.0. The van der Waals surface area contributed by atoms with Crippen LogP contribution in [-0.2, 0) is 0 Å². The van der Waals surface area contributed by atoms with E-state index >= 15 is 0 Å². The average Bonchev–Trinajstić information content (AvgIpc) is 3.75. The topological polar surface area (TPSA) is 9.86 Å². The minimum Gasteiger partial charge on any atom is -0.309 e. The molecule has 2 heteroatoms. The molecule has 2 aromatic heterocycles. The summed E-state index contributed by atoms with van der Waals surface area (Å²) in [6.07, 6.45) is 0. The summed E-state index contributed by atoms with van der Waals surface area (Å²) in [4.78, 5) is 0. The van der Waals surface area contributed by atoms with Crippen LogP contribution < -0.4 is 0 Å². The van der Waals surface area contributed by atoms with Gasteiger partial charge in [-0.05, 0) is 117 Å². The highest BCUT2D eigenvalue weighted by molar-refractivity contribution is 6.15. The second-order valence-electron chi connectivity index (χ2n) is 14.2. The van der Waals surface area contributed by atoms with Crippen molar-refractivity contribution in [3.05, 3.63) is 206 Å². The van der Waals surface area contributed by atoms with Crippen molar-refractivity contribution >= 4 is 54.4 Å². The first-order valence-corrected chi connectivity index (χ1v) is 18.6. The van der Waals surface area contributed by atoms with Crippen LogP contribution in [0, 0.1) is 0 Å². The number of rotatable bonds is 5. The van der Waals surface area contributed by atoms with Crippen molar-refractivity contribution < 1.29 is 0 Å². The number of hydrogen-bond acceptors (Lipinski definition) is 0. The van der Waals surface area contributed by atoms with Crippen molar-refractivity contribution in [2.45, 2.75) is 0 Å². The molecule has 0 fully saturated rings. The van der Waals surface area contributed by atoms with Crippen LogP contribution in [0.2, 0.25) is 0 Å². The monoisotopic (exact) mass is 686 g/mol. The highest BCUT2D eigenvalue weighted by Gasteiger charge is 2.18. The number of aromatic nitrogens is 2. The summed E-state index contributed by atoms with van der Waals surface area (Å²) in [5.74, 6) is 0. The largest absolute Gasteiger partial charge is 0.309 e. The summed E-state index contributed by atoms with van der Waals surface area (Å²) in [5, 5.41) is 7.48. The van der Waals surface area contributed by atoms with E-state index in [-0.39, 0.29) is 0 Å². The molecular weight excluding hydrogens is 653 g/mol. The second-order valence-corrected chi connectivity index (χ2v) is 14.2. The number of hydrogen-bond donors (Lipinski definition) is 0. The van der Waals surface area contributed by atoms with Crippen molar-refractivity contribution in [2.75, 3.05) is 0 Å². The Balaban J connectivity index is 1.16. The molecule has 0 saturated carbocycles. The van der Waals surface area contributed by atoms with E-state index in [1.165, 1.54) is 93.5 Å². The van der Waals surface area contributed by atoms with E-state index in [1.54, 1.807) is 0 Å². The van der Waals surface area contributed by atoms with Crippen LogP contribution >= 0.6 is 0 Å². The Hall–Kier alpha value is -7.16. The molecule has 0 saturated heterocycles. The van der Waals surface area contributed by atoms with E-state index in [0.717, 1.165) is 5.69 Å². The first kappa shape index (κ1) is 30.5. The summed E-state index contributed by atoms with van der Waals surface area (Å²) in [7, 11) is 0. The number of benzene rings is 9. The van der Waals surface area contributed by atoms with Crippen molar-refractivity contribution in [3.63, 3.8) is 0 Å². The van der Waals surface area contributed by atoms with E-state index in [0.29, 0.717) is 0 Å². The Bertz CT molecular complexity index is 3130. The smallest absolute Gasteiger partial charge is 0.0547 e. The van der Waals surface area contributed by atoms with Crippen molar-refractivity contribution in [2.24, 2.45) is 0 Å². The zero-order valence-electron chi connectivity index (χ0n) is 29.5. The van der Waals surface area contributed by atoms with Gasteiger partial charge in [-0.15, -0.1) is 0 Å². The van der Waals surface area contributed by atoms with E-state index in [2.05, 4.69) is 215 Å². The van der Waals surface area contributed by atoms with Crippen LogP contribution in [0.1, 0.15) is 0 Å². The van der Waals surface area contributed by atoms with Gasteiger partial charge in [-0.25, -0.2) is 0 Å². The Morgan fingerprint density at radius 1 is 0.222 bits per heavy atom. The molecule has 11 aromatic rings. The Morgan fingerprint density at radius 2 is 0.685 bits per heavy atom. The molecule has 9 aromatic carbocycles. The molecule has 252 valence electrons. The lowest BCUT2D eigenvalue weighted by Crippen LogP contribution is -1.96. The van der Waals surface area contributed by atoms with Gasteiger partial charge < -0.3 is 9.13 Å². The molecule has 2 nitrogen and oxygen atoms in total. The van der Waals surface area contributed by atoms with Crippen LogP contribution in [-0.4, -0.2) is 9.13 Å². The fourth-order valence-electron chi connectivity index (χ4n) is 8.51. The molecule has 54 heavy (non-hydrogen) atoms. The average molecular weight is 687 g/mol. The Kier molecular flexibility index (Phi) is 6.90. The third kappa shape index (κ3) is 4.88. The third-order valence-electron chi connectivity index (χ3n) is 11.0. The molecule has 0 spiro atoms. The second kappa shape index (κ2) is 12.2. The lowest BCUT2D eigenvalue weighted by molar-refractivity contribution is 1.18. The van der Waals surface area contributed by atoms with Gasteiger partial charge in [-0.3, -0.25) is 0 Å². The fourth-order valence-corrected chi connectivity index (χ4v) is 8.51. The Morgan fingerprint density at radius 3 is 1.31 bits per heavy atom. The van der Waals surface area contributed by atoms with Gasteiger partial charge in [0.2, 0.25) is 0 Å². The predicted octanol–water partition coefficient (Wildman–Crippen LogP) is 14.0. The molecule has 0 aliphatic rings. The van der Waals surface area contributed by atoms with Gasteiger partial charge in [0.05, 0.1) is 22.1 Å². The molecule has 0 amide bonds. The van der Waals surface area contributed by atoms with E-state index < -0.39 is 0 Å². The summed E-state index contributed by atoms with van der Waals surface area (Å²) < 4.78 is 4.85. The van der Waals surface area contributed by atoms with Gasteiger partial charge in [-0.2, -0.15) is 0 Å². The van der Waals surface area contributed by atoms with Gasteiger partial charge in [0, 0.05) is 32.9 Å². The van der Waals surface area contributed by atoms with Crippen LogP contribution in [0.15, 0.2) is 206 Å². The standard InChI is InChI=1S/C52H34N2/c1-4-14-35(15-5-1)41-28-42(36-16-6-2-7-17-36)30-44(29-41)54-51-27-25-40(33-47(51)48-31-37-18-10-11-19-38(37)34-52(48)54)39-24-26-50-46(32-39)45-22-12-13-23-49(45)53(50)43-20-8-3-9-21-43/h1-34H. The number of fused-ring (bicyclic) bond motifs is 7. The predicted molar refractivity (Wildman–Crippen MR) is 229 cm³/mol. The minimum atomic E-state index is 1.15. The van der Waals surface area contributed by atoms with Crippen molar-refractivity contribution in [1.29, 1.82) is 0 Å². The van der Waals surface area contributed by atoms with Crippen LogP contribution in [0.25, 0.3) is 99.1 Å². The molecule has 0 aliphatic heterocycles. The van der Waals surface area contributed by atoms with Crippen LogP contribution in [0.4, 0.5) is 0 Å². The van der Waals surface area contributed by atoms with Crippen LogP contribution in [0.3, 0.4) is 0 Å². The van der Waals surface area contributed by atoms with Gasteiger partial charge in [0.25, 0.3) is 0 Å². The molecule has 0 atom stereocenters. The molecule has 0 radical (unpaired) electrons. The minimum absolute atomic E-state index is 1.15. The zero-order chi connectivity index (χ0) is 35.6. The quantitative estimate of drug-likeness (QED) is 0.171. The molecular formula is C52H34N2. The van der Waals surface area contributed by atoms with E-state index in [1.807, 2.05) is 0 Å². The summed E-state index contributed by atoms with van der Waals surface area (Å²) in [5.41, 5.74) is 14.3. The normalized spacial score (nSPS) is 11.7. The maximum atomic E-state index is 2.47. The number of para-hydroxylation sites is 2. The number of nitrogens with zero attached hydrogens (tertiary/aromatic N) is 2. The first-order valence-electron chi connectivity index (χ1n) is 18.6. The first-order chi connectivity index (χ1) is 26.8. The summed E-state index contributed by atoms with van der Waals surface area (Å²) >= 11 is 0. The van der Waals surface area contributed by atoms with Gasteiger partial charge >= 0.3 is 0 Å². The molecule has 11 rings (SSSR count). The zero-order valence-corrected chi connectivity index (χ0v) is 29.5. The molecule has 0 bridgehead atoms. The van der Waals surface area contributed by atoms with E-state index in [4.69, 9.17) is 0 Å². The maximum Gasteiger partial charge on any atom is 0.0547 e. The highest BCUT2D eigenvalue weighted by Crippen LogP contribution is 2.41. The Labute approximate surface area is 313 Å². The fraction of sp³-hybridized carbons (Fsp3) is 0. The van der Waals surface area contributed by atoms with Gasteiger partial charge in [0.1, 0.15) is 0 Å². The van der Waals surface area contributed by atoms with Gasteiger partial charge in [-0.1, -0.05) is 133 Å². The lowest BCUT2D eigenvalue weighted by Gasteiger charge is -2.14. The lowest BCUT2D eigenvalue weighted by atomic mass is 9.98. The van der Waals surface area contributed by atoms with E-state index in [9.17, 15) is 0 Å². The molecule has 0 N–H and O–H groups in total. The maximum absolute atomic E-state index is 2.47. The highest BCUT2D eigenvalue weighted by atomic mass is 15.0. The molecule has 0 aliphatic carbocycles. The van der Waals surface area contributed by atoms with Crippen molar-refractivity contribution in [1.82, 2.24) is 9.13 Å². The summed E-state index contributed by atoms with van der Waals surface area (Å²) in [6.45, 7) is 0. The van der Waals surface area contributed by atoms with Crippen LogP contribution in [0.5, 0.6) is 0 Å². The SMILES string of the molecule is c1ccc(-c2cc(-c3ccccc3)cc(-n3c4ccc(-c5ccc6c(c5)c5ccccc5n6-c5ccccc5)cc4c4cc5ccccc5cc43)c2)cc1. The molecule has 0 unspecified atom stereocenters. The summed E-state index contributed by atoms with van der Waals surface area (Å²) in [6, 6.07) is 75.3. The van der Waals surface area contributed by atoms with Gasteiger partial charge in [0.15, 0.2) is 0 Å². The molecule has 2 heterocycles.